The molecule has 2 aromatic heterocycles. The van der Waals surface area contributed by atoms with Gasteiger partial charge in [-0.15, -0.1) is 0 Å². The minimum absolute atomic E-state index is 0.217. The lowest BCUT2D eigenvalue weighted by molar-refractivity contribution is 0.625. The molecule has 0 radical (unpaired) electrons. The van der Waals surface area contributed by atoms with Gasteiger partial charge in [0.25, 0.3) is 0 Å². The third-order valence-corrected chi connectivity index (χ3v) is 5.20. The van der Waals surface area contributed by atoms with E-state index in [0.29, 0.717) is 24.6 Å². The van der Waals surface area contributed by atoms with Crippen LogP contribution in [0, 0.1) is 5.82 Å². The van der Waals surface area contributed by atoms with Crippen LogP contribution >= 0.6 is 0 Å². The molecule has 0 spiro atoms. The van der Waals surface area contributed by atoms with Crippen LogP contribution in [0.4, 0.5) is 16.2 Å². The molecule has 0 aliphatic carbocycles. The highest BCUT2D eigenvalue weighted by Crippen LogP contribution is 2.32. The van der Waals surface area contributed by atoms with E-state index in [1.54, 1.807) is 12.1 Å². The van der Waals surface area contributed by atoms with Crippen LogP contribution < -0.4 is 10.2 Å². The lowest BCUT2D eigenvalue weighted by Crippen LogP contribution is -2.29. The van der Waals surface area contributed by atoms with Crippen LogP contribution in [0.1, 0.15) is 16.8 Å². The summed E-state index contributed by atoms with van der Waals surface area (Å²) in [6, 6.07) is 17.0. The maximum absolute atomic E-state index is 13.4. The van der Waals surface area contributed by atoms with Crippen molar-refractivity contribution in [3.05, 3.63) is 77.2 Å². The highest BCUT2D eigenvalue weighted by molar-refractivity contribution is 5.91. The van der Waals surface area contributed by atoms with Crippen molar-refractivity contribution in [3.8, 4) is 0 Å². The Bertz CT molecular complexity index is 1140. The Labute approximate surface area is 167 Å². The molecule has 29 heavy (non-hydrogen) atoms. The molecule has 2 aromatic carbocycles. The Balaban J connectivity index is 1.38. The number of aromatic amines is 1. The zero-order valence-electron chi connectivity index (χ0n) is 15.9. The second-order valence-electron chi connectivity index (χ2n) is 7.24. The topological polar surface area (TPSA) is 69.7 Å². The van der Waals surface area contributed by atoms with Crippen LogP contribution in [0.3, 0.4) is 0 Å². The van der Waals surface area contributed by atoms with Crippen molar-refractivity contribution in [3.63, 3.8) is 0 Å². The molecule has 1 aliphatic heterocycles. The molecule has 0 atom stereocenters. The zero-order valence-corrected chi connectivity index (χ0v) is 15.9. The molecule has 4 aromatic rings. The number of nitrogens with zero attached hydrogens (tertiary/aromatic N) is 4. The molecule has 0 fully saturated rings. The monoisotopic (exact) mass is 388 g/mol. The van der Waals surface area contributed by atoms with E-state index in [1.165, 1.54) is 11.6 Å². The van der Waals surface area contributed by atoms with Crippen LogP contribution in [0.2, 0.25) is 0 Å². The predicted octanol–water partition coefficient (Wildman–Crippen LogP) is 3.71. The average Bonchev–Trinajstić information content (AvgIpc) is 3.15. The molecule has 0 saturated carbocycles. The van der Waals surface area contributed by atoms with Crippen molar-refractivity contribution in [2.75, 3.05) is 23.3 Å². The number of H-pyrrole nitrogens is 1. The highest BCUT2D eigenvalue weighted by atomic mass is 19.1. The van der Waals surface area contributed by atoms with Crippen LogP contribution in [0.5, 0.6) is 0 Å². The lowest BCUT2D eigenvalue weighted by Gasteiger charge is -2.28. The van der Waals surface area contributed by atoms with Crippen LogP contribution in [-0.4, -0.2) is 33.3 Å². The molecule has 7 heteroatoms. The van der Waals surface area contributed by atoms with Gasteiger partial charge in [-0.3, -0.25) is 5.10 Å². The van der Waals surface area contributed by atoms with Crippen molar-refractivity contribution >= 4 is 22.8 Å². The van der Waals surface area contributed by atoms with Gasteiger partial charge in [-0.05, 0) is 29.7 Å². The van der Waals surface area contributed by atoms with Gasteiger partial charge in [0.1, 0.15) is 11.6 Å². The Morgan fingerprint density at radius 2 is 1.90 bits per heavy atom. The van der Waals surface area contributed by atoms with Gasteiger partial charge in [0.2, 0.25) is 5.95 Å². The molecule has 0 unspecified atom stereocenters. The molecule has 3 heterocycles. The van der Waals surface area contributed by atoms with E-state index in [9.17, 15) is 4.39 Å². The molecular formula is C22H21FN6. The molecule has 0 saturated heterocycles. The van der Waals surface area contributed by atoms with E-state index in [2.05, 4.69) is 49.7 Å². The number of hydrogen-bond acceptors (Lipinski definition) is 5. The molecule has 0 amide bonds. The number of hydrogen-bond donors (Lipinski definition) is 2. The van der Waals surface area contributed by atoms with E-state index in [4.69, 9.17) is 4.98 Å². The van der Waals surface area contributed by atoms with E-state index >= 15 is 0 Å². The SMILES string of the molecule is Fc1cccc(CCNc2nc3c4c([nH]nc4n2)CCN3Cc2ccccc2)c1. The number of nitrogens with one attached hydrogen (secondary N) is 2. The number of aromatic nitrogens is 4. The second kappa shape index (κ2) is 7.50. The standard InChI is InChI=1S/C22H21FN6/c23-17-8-4-7-15(13-17)9-11-24-22-25-20-19-18(27-28-20)10-12-29(21(19)26-22)14-16-5-2-1-3-6-16/h1-8,13H,9-12,14H2,(H2,24,25,26,27,28). The van der Waals surface area contributed by atoms with Gasteiger partial charge < -0.3 is 10.2 Å². The molecule has 1 aliphatic rings. The first kappa shape index (κ1) is 17.6. The Morgan fingerprint density at radius 1 is 1.03 bits per heavy atom. The smallest absolute Gasteiger partial charge is 0.226 e. The number of halogens is 1. The maximum atomic E-state index is 13.4. The van der Waals surface area contributed by atoms with E-state index in [0.717, 1.165) is 42.0 Å². The lowest BCUT2D eigenvalue weighted by atomic mass is 10.1. The first-order valence-corrected chi connectivity index (χ1v) is 9.78. The third-order valence-electron chi connectivity index (χ3n) is 5.20. The van der Waals surface area contributed by atoms with Gasteiger partial charge in [0.15, 0.2) is 5.65 Å². The van der Waals surface area contributed by atoms with Crippen molar-refractivity contribution in [2.24, 2.45) is 0 Å². The van der Waals surface area contributed by atoms with E-state index in [-0.39, 0.29) is 5.82 Å². The Kier molecular flexibility index (Phi) is 4.56. The summed E-state index contributed by atoms with van der Waals surface area (Å²) in [5.74, 6) is 1.23. The number of benzene rings is 2. The average molecular weight is 388 g/mol. The van der Waals surface area contributed by atoms with Crippen molar-refractivity contribution in [1.29, 1.82) is 0 Å². The minimum Gasteiger partial charge on any atom is -0.354 e. The van der Waals surface area contributed by atoms with Crippen LogP contribution in [0.25, 0.3) is 11.0 Å². The summed E-state index contributed by atoms with van der Waals surface area (Å²) in [4.78, 5) is 11.6. The molecule has 5 rings (SSSR count). The summed E-state index contributed by atoms with van der Waals surface area (Å²) in [5, 5.41) is 11.8. The summed E-state index contributed by atoms with van der Waals surface area (Å²) in [7, 11) is 0. The Hall–Kier alpha value is -3.48. The largest absolute Gasteiger partial charge is 0.354 e. The van der Waals surface area contributed by atoms with Crippen molar-refractivity contribution in [1.82, 2.24) is 20.2 Å². The van der Waals surface area contributed by atoms with Crippen LogP contribution in [0.15, 0.2) is 54.6 Å². The summed E-state index contributed by atoms with van der Waals surface area (Å²) in [6.07, 6.45) is 1.58. The summed E-state index contributed by atoms with van der Waals surface area (Å²) in [5.41, 5.74) is 3.95. The fraction of sp³-hybridized carbons (Fsp3) is 0.227. The van der Waals surface area contributed by atoms with Crippen LogP contribution in [-0.2, 0) is 19.4 Å². The summed E-state index contributed by atoms with van der Waals surface area (Å²) < 4.78 is 13.4. The van der Waals surface area contributed by atoms with Gasteiger partial charge in [-0.25, -0.2) is 4.39 Å². The number of rotatable bonds is 6. The zero-order chi connectivity index (χ0) is 19.6. The van der Waals surface area contributed by atoms with E-state index in [1.807, 2.05) is 12.1 Å². The van der Waals surface area contributed by atoms with Gasteiger partial charge in [0, 0.05) is 26.1 Å². The molecule has 6 nitrogen and oxygen atoms in total. The maximum Gasteiger partial charge on any atom is 0.226 e. The quantitative estimate of drug-likeness (QED) is 0.527. The predicted molar refractivity (Wildman–Crippen MR) is 111 cm³/mol. The normalized spacial score (nSPS) is 13.1. The summed E-state index contributed by atoms with van der Waals surface area (Å²) in [6.45, 7) is 2.28. The third kappa shape index (κ3) is 3.63. The first-order chi connectivity index (χ1) is 14.3. The number of anilines is 2. The molecule has 146 valence electrons. The fourth-order valence-electron chi connectivity index (χ4n) is 3.77. The van der Waals surface area contributed by atoms with Crippen molar-refractivity contribution < 1.29 is 4.39 Å². The fourth-order valence-corrected chi connectivity index (χ4v) is 3.77. The van der Waals surface area contributed by atoms with Gasteiger partial charge in [-0.2, -0.15) is 15.1 Å². The van der Waals surface area contributed by atoms with Gasteiger partial charge >= 0.3 is 0 Å². The van der Waals surface area contributed by atoms with E-state index < -0.39 is 0 Å². The molecule has 0 bridgehead atoms. The van der Waals surface area contributed by atoms with Crippen molar-refractivity contribution in [2.45, 2.75) is 19.4 Å². The molecule has 2 N–H and O–H groups in total. The summed E-state index contributed by atoms with van der Waals surface area (Å²) >= 11 is 0. The highest BCUT2D eigenvalue weighted by Gasteiger charge is 2.24. The minimum atomic E-state index is -0.217. The van der Waals surface area contributed by atoms with Gasteiger partial charge in [-0.1, -0.05) is 42.5 Å². The Morgan fingerprint density at radius 3 is 2.76 bits per heavy atom. The first-order valence-electron chi connectivity index (χ1n) is 9.78. The van der Waals surface area contributed by atoms with Gasteiger partial charge in [0.05, 0.1) is 11.1 Å². The molecular weight excluding hydrogens is 367 g/mol. The second-order valence-corrected chi connectivity index (χ2v) is 7.24.